The Kier molecular flexibility index (Phi) is 9.62. The number of rotatable bonds is 6. The summed E-state index contributed by atoms with van der Waals surface area (Å²) in [6, 6.07) is 3.45. The van der Waals surface area contributed by atoms with Crippen LogP contribution in [0.15, 0.2) is 40.6 Å². The van der Waals surface area contributed by atoms with E-state index in [1.54, 1.807) is 6.92 Å². The van der Waals surface area contributed by atoms with Gasteiger partial charge in [-0.15, -0.1) is 0 Å². The molecule has 0 aliphatic carbocycles. The topological polar surface area (TPSA) is 91.4 Å². The second-order valence-corrected chi connectivity index (χ2v) is 9.98. The Morgan fingerprint density at radius 3 is 2.46 bits per heavy atom. The summed E-state index contributed by atoms with van der Waals surface area (Å²) in [6.45, 7) is 7.67. The van der Waals surface area contributed by atoms with Gasteiger partial charge in [0.05, 0.1) is 11.9 Å². The lowest BCUT2D eigenvalue weighted by Gasteiger charge is -2.35. The smallest absolute Gasteiger partial charge is 0.265 e. The summed E-state index contributed by atoms with van der Waals surface area (Å²) < 4.78 is 57.2. The number of benzene rings is 1. The van der Waals surface area contributed by atoms with Gasteiger partial charge in [0.2, 0.25) is 0 Å². The van der Waals surface area contributed by atoms with Crippen molar-refractivity contribution in [1.29, 1.82) is 0 Å². The van der Waals surface area contributed by atoms with Crippen molar-refractivity contribution >= 4 is 38.9 Å². The molecule has 3 rings (SSSR count). The van der Waals surface area contributed by atoms with Gasteiger partial charge in [0.15, 0.2) is 11.6 Å². The average molecular weight is 529 g/mol. The van der Waals surface area contributed by atoms with Gasteiger partial charge in [0.25, 0.3) is 10.0 Å². The monoisotopic (exact) mass is 528 g/mol. The molecule has 1 aromatic heterocycles. The number of carbonyl (C=O) groups excluding carboxylic acids is 1. The van der Waals surface area contributed by atoms with Crippen molar-refractivity contribution in [2.75, 3.05) is 30.7 Å². The molecule has 2 aromatic rings. The molecule has 0 amide bonds. The van der Waals surface area contributed by atoms with Crippen LogP contribution in [0.1, 0.15) is 52.0 Å². The van der Waals surface area contributed by atoms with Crippen molar-refractivity contribution in [2.45, 2.75) is 51.3 Å². The number of carbonyl (C=O) groups is 1. The van der Waals surface area contributed by atoms with Crippen molar-refractivity contribution < 1.29 is 22.0 Å². The zero-order valence-electron chi connectivity index (χ0n) is 20.7. The Morgan fingerprint density at radius 1 is 1.23 bits per heavy atom. The Balaban J connectivity index is 0.00000210. The third kappa shape index (κ3) is 6.29. The minimum Gasteiger partial charge on any atom is -0.377 e. The molecule has 1 aromatic carbocycles. The van der Waals surface area contributed by atoms with Crippen LogP contribution in [0.5, 0.6) is 0 Å². The highest BCUT2D eigenvalue weighted by atomic mass is 35.5. The highest BCUT2D eigenvalue weighted by Crippen LogP contribution is 2.39. The van der Waals surface area contributed by atoms with Crippen LogP contribution in [0, 0.1) is 11.6 Å². The molecule has 1 aliphatic heterocycles. The second-order valence-electron chi connectivity index (χ2n) is 7.92. The maximum absolute atomic E-state index is 15.5. The summed E-state index contributed by atoms with van der Waals surface area (Å²) in [4.78, 5) is 16.9. The van der Waals surface area contributed by atoms with E-state index in [4.69, 9.17) is 11.6 Å². The first-order valence-corrected chi connectivity index (χ1v) is 13.1. The summed E-state index contributed by atoms with van der Waals surface area (Å²) in [5.74, 6) is -2.06. The van der Waals surface area contributed by atoms with Crippen molar-refractivity contribution in [2.24, 2.45) is 0 Å². The molecular formula is C24H31ClF2N4O3S. The van der Waals surface area contributed by atoms with Crippen molar-refractivity contribution in [3.8, 4) is 0 Å². The molecule has 1 saturated heterocycles. The van der Waals surface area contributed by atoms with Gasteiger partial charge in [-0.3, -0.25) is 9.52 Å². The normalized spacial score (nSPS) is 17.3. The largest absolute Gasteiger partial charge is 0.377 e. The van der Waals surface area contributed by atoms with E-state index in [1.807, 2.05) is 25.8 Å². The van der Waals surface area contributed by atoms with E-state index in [9.17, 15) is 17.6 Å². The van der Waals surface area contributed by atoms with Crippen LogP contribution in [0.3, 0.4) is 0 Å². The Bertz CT molecular complexity index is 1240. The lowest BCUT2D eigenvalue weighted by Crippen LogP contribution is -2.31. The molecule has 1 atom stereocenters. The Hall–Kier alpha value is -2.72. The Labute approximate surface area is 210 Å². The number of hydrogen-bond acceptors (Lipinski definition) is 6. The first-order chi connectivity index (χ1) is 16.5. The first-order valence-electron chi connectivity index (χ1n) is 11.2. The molecule has 1 fully saturated rings. The van der Waals surface area contributed by atoms with Gasteiger partial charge in [-0.05, 0) is 44.9 Å². The highest BCUT2D eigenvalue weighted by Gasteiger charge is 2.30. The second kappa shape index (κ2) is 11.8. The van der Waals surface area contributed by atoms with E-state index in [-0.39, 0.29) is 33.8 Å². The van der Waals surface area contributed by atoms with E-state index >= 15 is 4.39 Å². The predicted octanol–water partition coefficient (Wildman–Crippen LogP) is 5.55. The number of ketones is 1. The number of allylic oxidation sites excluding steroid dienone is 2. The molecule has 0 spiro atoms. The maximum Gasteiger partial charge on any atom is 0.265 e. The summed E-state index contributed by atoms with van der Waals surface area (Å²) in [5, 5.41) is 2.76. The number of piperidine rings is 1. The van der Waals surface area contributed by atoms with E-state index in [2.05, 4.69) is 15.0 Å². The molecule has 192 valence electrons. The quantitative estimate of drug-likeness (QED) is 0.477. The van der Waals surface area contributed by atoms with Crippen molar-refractivity contribution in [3.05, 3.63) is 57.9 Å². The third-order valence-corrected chi connectivity index (χ3v) is 7.48. The van der Waals surface area contributed by atoms with E-state index in [0.717, 1.165) is 18.0 Å². The van der Waals surface area contributed by atoms with Gasteiger partial charge in [0.1, 0.15) is 16.5 Å². The number of halogens is 3. The number of anilines is 2. The summed E-state index contributed by atoms with van der Waals surface area (Å²) in [6.07, 6.45) is 1.97. The summed E-state index contributed by atoms with van der Waals surface area (Å²) >= 11 is 6.32. The van der Waals surface area contributed by atoms with Crippen LogP contribution in [-0.2, 0) is 14.8 Å². The lowest BCUT2D eigenvalue weighted by atomic mass is 9.87. The number of nitrogens with zero attached hydrogens (tertiary/aromatic N) is 2. The first kappa shape index (κ1) is 28.5. The number of aromatic nitrogens is 1. The minimum absolute atomic E-state index is 0.0244. The molecule has 35 heavy (non-hydrogen) atoms. The van der Waals surface area contributed by atoms with E-state index in [0.29, 0.717) is 25.0 Å². The number of Topliss-reactive ketones (excluding diaryl/α,β-unsaturated/α-hetero) is 1. The number of likely N-dealkylation sites (N-methyl/N-ethyl adjacent to an activating group) is 1. The predicted molar refractivity (Wildman–Crippen MR) is 135 cm³/mol. The van der Waals surface area contributed by atoms with Crippen LogP contribution < -0.4 is 10.0 Å². The van der Waals surface area contributed by atoms with Crippen LogP contribution in [0.25, 0.3) is 0 Å². The fraction of sp³-hybridized carbons (Fsp3) is 0.417. The average Bonchev–Trinajstić information content (AvgIpc) is 2.82. The number of likely N-dealkylation sites (tertiary alicyclic amines) is 1. The number of sulfonamides is 1. The van der Waals surface area contributed by atoms with Crippen LogP contribution in [-0.4, -0.2) is 44.7 Å². The van der Waals surface area contributed by atoms with Gasteiger partial charge in [-0.2, -0.15) is 0 Å². The lowest BCUT2D eigenvalue weighted by molar-refractivity contribution is -0.113. The van der Waals surface area contributed by atoms with Gasteiger partial charge < -0.3 is 10.2 Å². The van der Waals surface area contributed by atoms with E-state index in [1.165, 1.54) is 26.1 Å². The minimum atomic E-state index is -4.36. The molecular weight excluding hydrogens is 498 g/mol. The SMILES string of the molecule is CC.CNc1ncc(F)cc1S(=O)(=O)Nc1ccc(Cl)c([C@H]2CC/C(=C(/C)C(C)=O)N(C)C2)c1F. The third-order valence-electron chi connectivity index (χ3n) is 5.77. The zero-order chi connectivity index (χ0) is 26.5. The number of pyridine rings is 1. The molecule has 11 heteroatoms. The summed E-state index contributed by atoms with van der Waals surface area (Å²) in [7, 11) is -1.09. The number of hydrogen-bond donors (Lipinski definition) is 2. The summed E-state index contributed by atoms with van der Waals surface area (Å²) in [5.41, 5.74) is 1.44. The van der Waals surface area contributed by atoms with E-state index < -0.39 is 26.6 Å². The fourth-order valence-electron chi connectivity index (χ4n) is 3.98. The van der Waals surface area contributed by atoms with Gasteiger partial charge in [-0.25, -0.2) is 22.2 Å². The Morgan fingerprint density at radius 2 is 1.89 bits per heavy atom. The van der Waals surface area contributed by atoms with Crippen LogP contribution in [0.2, 0.25) is 5.02 Å². The van der Waals surface area contributed by atoms with Crippen molar-refractivity contribution in [1.82, 2.24) is 9.88 Å². The molecule has 0 unspecified atom stereocenters. The molecule has 0 bridgehead atoms. The standard InChI is InChI=1S/C22H25ClF2N4O3S.C2H6/c1-12(13(2)30)18-8-5-14(11-29(18)4)20-16(23)6-7-17(21(20)25)28-33(31,32)19-9-15(24)10-27-22(19)26-3;1-2/h6-7,9-10,14,28H,5,8,11H2,1-4H3,(H,26,27);1-2H3/b18-12+;/t14-;/m0./s1. The van der Waals surface area contributed by atoms with Gasteiger partial charge in [-0.1, -0.05) is 25.4 Å². The van der Waals surface area contributed by atoms with Crippen LogP contribution >= 0.6 is 11.6 Å². The maximum atomic E-state index is 15.5. The molecule has 0 saturated carbocycles. The van der Waals surface area contributed by atoms with Gasteiger partial charge >= 0.3 is 0 Å². The van der Waals surface area contributed by atoms with Crippen LogP contribution in [0.4, 0.5) is 20.3 Å². The van der Waals surface area contributed by atoms with Gasteiger partial charge in [0, 0.05) is 48.4 Å². The molecule has 7 nitrogen and oxygen atoms in total. The molecule has 1 aliphatic rings. The number of nitrogens with one attached hydrogen (secondary N) is 2. The molecule has 2 N–H and O–H groups in total. The molecule has 2 heterocycles. The van der Waals surface area contributed by atoms with Crippen molar-refractivity contribution in [3.63, 3.8) is 0 Å². The zero-order valence-corrected chi connectivity index (χ0v) is 22.2. The highest BCUT2D eigenvalue weighted by molar-refractivity contribution is 7.92. The fourth-order valence-corrected chi connectivity index (χ4v) is 5.52. The molecule has 0 radical (unpaired) electrons.